The highest BCUT2D eigenvalue weighted by molar-refractivity contribution is 7.85. The van der Waals surface area contributed by atoms with Crippen LogP contribution in [0.1, 0.15) is 38.7 Å². The molecule has 0 spiro atoms. The number of fused-ring (bicyclic) bond motifs is 4. The van der Waals surface area contributed by atoms with Gasteiger partial charge in [-0.2, -0.15) is 8.42 Å². The first kappa shape index (κ1) is 24.8. The lowest BCUT2D eigenvalue weighted by atomic mass is 9.67. The van der Waals surface area contributed by atoms with Gasteiger partial charge in [0.1, 0.15) is 11.4 Å². The standard InChI is InChI=1S/C15H22N2O.C10H16O4S/c1-16-8-13-10-17(2)11-14(9-16)15(13,18)12-6-4-3-5-7-12;1-9(2)7-3-4-10(9,8(11)5-7)6-15(12,13)14/h3-7,13-14,18H,8-11H2,1-2H3;7H,3-6H2,1-2H3,(H,12,13,14). The van der Waals surface area contributed by atoms with Gasteiger partial charge in [-0.25, -0.2) is 0 Å². The summed E-state index contributed by atoms with van der Waals surface area (Å²) in [6.07, 6.45) is 1.97. The summed E-state index contributed by atoms with van der Waals surface area (Å²) in [4.78, 5) is 16.6. The van der Waals surface area contributed by atoms with Crippen LogP contribution in [-0.2, 0) is 20.5 Å². The summed E-state index contributed by atoms with van der Waals surface area (Å²) < 4.78 is 31.0. The molecule has 8 heteroatoms. The smallest absolute Gasteiger partial charge is 0.265 e. The van der Waals surface area contributed by atoms with Crippen LogP contribution in [0.2, 0.25) is 0 Å². The number of carbonyl (C=O) groups excluding carboxylic acids is 1. The summed E-state index contributed by atoms with van der Waals surface area (Å²) in [5.41, 5.74) is -0.660. The number of benzene rings is 1. The molecule has 2 heterocycles. The molecule has 2 atom stereocenters. The van der Waals surface area contributed by atoms with E-state index in [0.29, 0.717) is 24.7 Å². The van der Waals surface area contributed by atoms with E-state index in [2.05, 4.69) is 36.0 Å². The maximum absolute atomic E-state index is 11.9. The zero-order valence-electron chi connectivity index (χ0n) is 20.2. The molecular weight excluding hydrogens is 440 g/mol. The summed E-state index contributed by atoms with van der Waals surface area (Å²) in [5, 5.41) is 11.3. The van der Waals surface area contributed by atoms with Crippen molar-refractivity contribution < 1.29 is 22.9 Å². The zero-order chi connectivity index (χ0) is 24.2. The molecule has 5 rings (SSSR count). The van der Waals surface area contributed by atoms with Crippen LogP contribution in [0, 0.1) is 28.6 Å². The Morgan fingerprint density at radius 3 is 1.88 bits per heavy atom. The van der Waals surface area contributed by atoms with E-state index >= 15 is 0 Å². The molecule has 4 aliphatic rings. The van der Waals surface area contributed by atoms with E-state index in [1.165, 1.54) is 0 Å². The highest BCUT2D eigenvalue weighted by Crippen LogP contribution is 2.64. The topological polar surface area (TPSA) is 98.1 Å². The van der Waals surface area contributed by atoms with Crippen molar-refractivity contribution >= 4 is 15.9 Å². The van der Waals surface area contributed by atoms with E-state index in [-0.39, 0.29) is 17.1 Å². The minimum absolute atomic E-state index is 0.0152. The Morgan fingerprint density at radius 1 is 0.970 bits per heavy atom. The fourth-order valence-electron chi connectivity index (χ4n) is 7.26. The summed E-state index contributed by atoms with van der Waals surface area (Å²) in [6, 6.07) is 10.2. The minimum Gasteiger partial charge on any atom is -0.384 e. The lowest BCUT2D eigenvalue weighted by Crippen LogP contribution is -2.64. The van der Waals surface area contributed by atoms with Crippen LogP contribution in [-0.4, -0.2) is 79.7 Å². The van der Waals surface area contributed by atoms with Crippen LogP contribution < -0.4 is 0 Å². The molecule has 184 valence electrons. The molecule has 0 radical (unpaired) electrons. The number of hydrogen-bond donors (Lipinski definition) is 2. The number of nitrogens with zero attached hydrogens (tertiary/aromatic N) is 2. The second-order valence-corrected chi connectivity index (χ2v) is 12.9. The Labute approximate surface area is 197 Å². The zero-order valence-corrected chi connectivity index (χ0v) is 21.0. The third-order valence-corrected chi connectivity index (χ3v) is 10.0. The van der Waals surface area contributed by atoms with Crippen LogP contribution >= 0.6 is 0 Å². The molecule has 1 aromatic carbocycles. The maximum atomic E-state index is 11.9. The summed E-state index contributed by atoms with van der Waals surface area (Å²) in [6.45, 7) is 7.80. The predicted octanol–water partition coefficient (Wildman–Crippen LogP) is 2.27. The monoisotopic (exact) mass is 478 g/mol. The number of aliphatic hydroxyl groups is 1. The van der Waals surface area contributed by atoms with Crippen molar-refractivity contribution in [3.05, 3.63) is 35.9 Å². The van der Waals surface area contributed by atoms with E-state index in [4.69, 9.17) is 4.55 Å². The van der Waals surface area contributed by atoms with Gasteiger partial charge in [0.15, 0.2) is 0 Å². The maximum Gasteiger partial charge on any atom is 0.265 e. The number of Topliss-reactive ketones (excluding diaryl/α,β-unsaturated/α-hetero) is 1. The SMILES string of the molecule is CC1(C)C2CCC1(CS(=O)(=O)O)C(=O)C2.CN1CC2CN(C)CC(C1)C2(O)c1ccccc1. The van der Waals surface area contributed by atoms with Gasteiger partial charge in [-0.15, -0.1) is 0 Å². The average Bonchev–Trinajstić information content (AvgIpc) is 3.04. The van der Waals surface area contributed by atoms with Gasteiger partial charge in [-0.1, -0.05) is 44.2 Å². The van der Waals surface area contributed by atoms with Crippen LogP contribution in [0.4, 0.5) is 0 Å². The predicted molar refractivity (Wildman–Crippen MR) is 127 cm³/mol. The lowest BCUT2D eigenvalue weighted by molar-refractivity contribution is -0.158. The number of piperidine rings is 2. The molecular formula is C25H38N2O5S. The van der Waals surface area contributed by atoms with Gasteiger partial charge in [0.05, 0.1) is 11.2 Å². The van der Waals surface area contributed by atoms with Gasteiger partial charge in [0, 0.05) is 44.4 Å². The average molecular weight is 479 g/mol. The van der Waals surface area contributed by atoms with E-state index in [0.717, 1.165) is 38.2 Å². The molecule has 2 saturated carbocycles. The second-order valence-electron chi connectivity index (χ2n) is 11.4. The number of rotatable bonds is 3. The third-order valence-electron chi connectivity index (χ3n) is 9.18. The highest BCUT2D eigenvalue weighted by atomic mass is 32.2. The molecule has 2 aliphatic carbocycles. The van der Waals surface area contributed by atoms with Gasteiger partial charge in [-0.05, 0) is 43.8 Å². The molecule has 2 saturated heterocycles. The Bertz CT molecular complexity index is 965. The molecule has 33 heavy (non-hydrogen) atoms. The molecule has 1 aromatic rings. The molecule has 2 N–H and O–H groups in total. The molecule has 7 nitrogen and oxygen atoms in total. The summed E-state index contributed by atoms with van der Waals surface area (Å²) >= 11 is 0. The number of hydrogen-bond acceptors (Lipinski definition) is 6. The number of likely N-dealkylation sites (tertiary alicyclic amines) is 2. The van der Waals surface area contributed by atoms with Crippen molar-refractivity contribution in [3.8, 4) is 0 Å². The van der Waals surface area contributed by atoms with Gasteiger partial charge in [0.25, 0.3) is 10.1 Å². The molecule has 4 fully saturated rings. The second kappa shape index (κ2) is 8.41. The van der Waals surface area contributed by atoms with E-state index < -0.39 is 26.9 Å². The Balaban J connectivity index is 0.000000160. The minimum atomic E-state index is -4.08. The summed E-state index contributed by atoms with van der Waals surface area (Å²) in [5.74, 6) is 0.514. The van der Waals surface area contributed by atoms with Crippen LogP contribution in [0.3, 0.4) is 0 Å². The van der Waals surface area contributed by atoms with Crippen molar-refractivity contribution in [2.75, 3.05) is 46.0 Å². The molecule has 0 aromatic heterocycles. The normalized spacial score (nSPS) is 38.1. The molecule has 0 amide bonds. The Kier molecular flexibility index (Phi) is 6.32. The fourth-order valence-corrected chi connectivity index (χ4v) is 8.56. The number of carbonyl (C=O) groups is 1. The molecule has 2 unspecified atom stereocenters. The van der Waals surface area contributed by atoms with Crippen LogP contribution in [0.5, 0.6) is 0 Å². The first-order valence-corrected chi connectivity index (χ1v) is 13.5. The van der Waals surface area contributed by atoms with Crippen LogP contribution in [0.15, 0.2) is 30.3 Å². The van der Waals surface area contributed by atoms with Crippen molar-refractivity contribution in [1.29, 1.82) is 0 Å². The van der Waals surface area contributed by atoms with E-state index in [1.807, 2.05) is 32.0 Å². The number of ketones is 1. The van der Waals surface area contributed by atoms with Crippen molar-refractivity contribution in [1.82, 2.24) is 9.80 Å². The van der Waals surface area contributed by atoms with Crippen molar-refractivity contribution in [3.63, 3.8) is 0 Å². The van der Waals surface area contributed by atoms with Gasteiger partial charge in [-0.3, -0.25) is 9.35 Å². The fraction of sp³-hybridized carbons (Fsp3) is 0.720. The quantitative estimate of drug-likeness (QED) is 0.643. The van der Waals surface area contributed by atoms with Gasteiger partial charge < -0.3 is 14.9 Å². The summed E-state index contributed by atoms with van der Waals surface area (Å²) in [7, 11) is 0.249. The Morgan fingerprint density at radius 2 is 1.48 bits per heavy atom. The highest BCUT2D eigenvalue weighted by Gasteiger charge is 2.65. The van der Waals surface area contributed by atoms with Gasteiger partial charge >= 0.3 is 0 Å². The largest absolute Gasteiger partial charge is 0.384 e. The van der Waals surface area contributed by atoms with E-state index in [9.17, 15) is 18.3 Å². The van der Waals surface area contributed by atoms with Gasteiger partial charge in [0.2, 0.25) is 0 Å². The van der Waals surface area contributed by atoms with Crippen LogP contribution in [0.25, 0.3) is 0 Å². The van der Waals surface area contributed by atoms with Crippen molar-refractivity contribution in [2.45, 2.75) is 38.7 Å². The first-order valence-electron chi connectivity index (χ1n) is 11.9. The molecule has 4 bridgehead atoms. The van der Waals surface area contributed by atoms with Crippen molar-refractivity contribution in [2.24, 2.45) is 28.6 Å². The third kappa shape index (κ3) is 4.18. The molecule has 2 aliphatic heterocycles. The lowest BCUT2D eigenvalue weighted by Gasteiger charge is -2.55. The van der Waals surface area contributed by atoms with E-state index in [1.54, 1.807) is 0 Å². The first-order chi connectivity index (χ1) is 15.3. The Hall–Kier alpha value is -1.32.